The van der Waals surface area contributed by atoms with Gasteiger partial charge in [-0.2, -0.15) is 0 Å². The van der Waals surface area contributed by atoms with Crippen LogP contribution < -0.4 is 14.8 Å². The predicted molar refractivity (Wildman–Crippen MR) is 94.5 cm³/mol. The molecule has 2 aromatic carbocycles. The fraction of sp³-hybridized carbons (Fsp3) is 0.400. The number of ether oxygens (including phenoxy) is 2. The minimum absolute atomic E-state index is 0.0964. The van der Waals surface area contributed by atoms with Crippen molar-refractivity contribution in [2.75, 3.05) is 20.3 Å². The third kappa shape index (κ3) is 4.08. The summed E-state index contributed by atoms with van der Waals surface area (Å²) in [6.45, 7) is 1.76. The number of hydrogen-bond acceptors (Lipinski definition) is 4. The molecule has 0 spiro atoms. The lowest BCUT2D eigenvalue weighted by molar-refractivity contribution is 0.282. The van der Waals surface area contributed by atoms with E-state index in [2.05, 4.69) is 23.5 Å². The third-order valence-electron chi connectivity index (χ3n) is 4.50. The number of hydrogen-bond donors (Lipinski definition) is 2. The first-order chi connectivity index (χ1) is 11.8. The normalized spacial score (nSPS) is 16.8. The molecule has 0 fully saturated rings. The lowest BCUT2D eigenvalue weighted by Gasteiger charge is -2.19. The molecule has 1 aliphatic rings. The molecule has 0 aliphatic carbocycles. The first kappa shape index (κ1) is 16.8. The van der Waals surface area contributed by atoms with Crippen molar-refractivity contribution < 1.29 is 14.6 Å². The maximum Gasteiger partial charge on any atom is 0.124 e. The topological polar surface area (TPSA) is 50.7 Å². The number of benzene rings is 2. The van der Waals surface area contributed by atoms with Crippen LogP contribution in [0.25, 0.3) is 0 Å². The van der Waals surface area contributed by atoms with Crippen LogP contribution in [-0.4, -0.2) is 25.4 Å². The van der Waals surface area contributed by atoms with E-state index in [1.807, 2.05) is 24.3 Å². The van der Waals surface area contributed by atoms with Crippen molar-refractivity contribution in [1.82, 2.24) is 5.32 Å². The van der Waals surface area contributed by atoms with Crippen LogP contribution in [0.5, 0.6) is 11.5 Å². The van der Waals surface area contributed by atoms with Gasteiger partial charge in [0, 0.05) is 11.6 Å². The van der Waals surface area contributed by atoms with Gasteiger partial charge in [0.15, 0.2) is 0 Å². The van der Waals surface area contributed by atoms with Gasteiger partial charge >= 0.3 is 0 Å². The minimum Gasteiger partial charge on any atom is -0.497 e. The Labute approximate surface area is 143 Å². The van der Waals surface area contributed by atoms with Crippen molar-refractivity contribution in [2.45, 2.75) is 31.9 Å². The van der Waals surface area contributed by atoms with Crippen molar-refractivity contribution in [3.63, 3.8) is 0 Å². The van der Waals surface area contributed by atoms with Gasteiger partial charge in [-0.05, 0) is 55.1 Å². The molecule has 0 saturated heterocycles. The Balaban J connectivity index is 1.64. The average molecular weight is 327 g/mol. The van der Waals surface area contributed by atoms with Crippen LogP contribution in [0.2, 0.25) is 0 Å². The van der Waals surface area contributed by atoms with Crippen molar-refractivity contribution in [3.05, 3.63) is 59.2 Å². The molecule has 128 valence electrons. The van der Waals surface area contributed by atoms with Gasteiger partial charge in [-0.1, -0.05) is 24.3 Å². The van der Waals surface area contributed by atoms with E-state index >= 15 is 0 Å². The van der Waals surface area contributed by atoms with Gasteiger partial charge in [0.05, 0.1) is 20.3 Å². The fourth-order valence-corrected chi connectivity index (χ4v) is 3.10. The van der Waals surface area contributed by atoms with Crippen molar-refractivity contribution in [1.29, 1.82) is 0 Å². The minimum atomic E-state index is 0.0964. The molecule has 0 radical (unpaired) electrons. The smallest absolute Gasteiger partial charge is 0.124 e. The van der Waals surface area contributed by atoms with Crippen LogP contribution in [-0.2, 0) is 13.0 Å². The van der Waals surface area contributed by atoms with Crippen LogP contribution in [0, 0.1) is 0 Å². The zero-order valence-corrected chi connectivity index (χ0v) is 14.1. The van der Waals surface area contributed by atoms with Crippen molar-refractivity contribution >= 4 is 0 Å². The maximum absolute atomic E-state index is 9.10. The number of aliphatic hydroxyl groups is 1. The first-order valence-electron chi connectivity index (χ1n) is 8.53. The van der Waals surface area contributed by atoms with E-state index in [0.29, 0.717) is 0 Å². The molecule has 4 heteroatoms. The van der Waals surface area contributed by atoms with E-state index < -0.39 is 0 Å². The highest BCUT2D eigenvalue weighted by Gasteiger charge is 2.20. The summed E-state index contributed by atoms with van der Waals surface area (Å²) in [5.41, 5.74) is 3.41. The Morgan fingerprint density at radius 1 is 1.17 bits per heavy atom. The lowest BCUT2D eigenvalue weighted by atomic mass is 10.0. The fourth-order valence-electron chi connectivity index (χ4n) is 3.10. The molecule has 24 heavy (non-hydrogen) atoms. The van der Waals surface area contributed by atoms with Gasteiger partial charge in [-0.15, -0.1) is 0 Å². The molecule has 1 heterocycles. The van der Waals surface area contributed by atoms with E-state index in [1.54, 1.807) is 7.11 Å². The Hall–Kier alpha value is -2.04. The Kier molecular flexibility index (Phi) is 5.72. The van der Waals surface area contributed by atoms with Gasteiger partial charge in [0.25, 0.3) is 0 Å². The first-order valence-corrected chi connectivity index (χ1v) is 8.53. The Bertz CT molecular complexity index is 654. The summed E-state index contributed by atoms with van der Waals surface area (Å²) >= 11 is 0. The van der Waals surface area contributed by atoms with Crippen LogP contribution >= 0.6 is 0 Å². The van der Waals surface area contributed by atoms with Crippen LogP contribution in [0.4, 0.5) is 0 Å². The summed E-state index contributed by atoms with van der Waals surface area (Å²) < 4.78 is 11.2. The molecule has 3 rings (SSSR count). The molecular weight excluding hydrogens is 302 g/mol. The Morgan fingerprint density at radius 3 is 2.71 bits per heavy atom. The van der Waals surface area contributed by atoms with E-state index in [1.165, 1.54) is 11.1 Å². The van der Waals surface area contributed by atoms with Crippen LogP contribution in [0.3, 0.4) is 0 Å². The average Bonchev–Trinajstić information content (AvgIpc) is 2.84. The summed E-state index contributed by atoms with van der Waals surface area (Å²) in [6.07, 6.45) is 3.06. The van der Waals surface area contributed by atoms with Crippen molar-refractivity contribution in [3.8, 4) is 11.5 Å². The van der Waals surface area contributed by atoms with Gasteiger partial charge in [-0.3, -0.25) is 0 Å². The number of rotatable bonds is 6. The van der Waals surface area contributed by atoms with E-state index in [-0.39, 0.29) is 12.6 Å². The highest BCUT2D eigenvalue weighted by atomic mass is 16.5. The van der Waals surface area contributed by atoms with E-state index in [9.17, 15) is 0 Å². The Morgan fingerprint density at radius 2 is 1.96 bits per heavy atom. The highest BCUT2D eigenvalue weighted by molar-refractivity contribution is 5.42. The number of nitrogens with one attached hydrogen (secondary N) is 1. The molecule has 0 saturated carbocycles. The molecule has 4 nitrogen and oxygen atoms in total. The summed E-state index contributed by atoms with van der Waals surface area (Å²) in [6, 6.07) is 14.4. The maximum atomic E-state index is 9.10. The summed E-state index contributed by atoms with van der Waals surface area (Å²) in [4.78, 5) is 0. The predicted octanol–water partition coefficient (Wildman–Crippen LogP) is 3.23. The SMILES string of the molecule is COc1ccc2c(c1)C(NCCc1ccc(CO)cc1)CCCO2. The van der Waals surface area contributed by atoms with Crippen LogP contribution in [0.15, 0.2) is 42.5 Å². The summed E-state index contributed by atoms with van der Waals surface area (Å²) in [5, 5.41) is 12.8. The lowest BCUT2D eigenvalue weighted by Crippen LogP contribution is -2.23. The molecular formula is C20H25NO3. The van der Waals surface area contributed by atoms with Crippen LogP contribution in [0.1, 0.15) is 35.6 Å². The zero-order valence-electron chi connectivity index (χ0n) is 14.1. The number of aliphatic hydroxyl groups excluding tert-OH is 1. The third-order valence-corrected chi connectivity index (χ3v) is 4.50. The van der Waals surface area contributed by atoms with E-state index in [0.717, 1.165) is 49.5 Å². The highest BCUT2D eigenvalue weighted by Crippen LogP contribution is 2.34. The molecule has 1 atom stereocenters. The standard InChI is InChI=1S/C20H25NO3/c1-23-17-8-9-20-18(13-17)19(3-2-12-24-20)21-11-10-15-4-6-16(14-22)7-5-15/h4-9,13,19,21-22H,2-3,10-12,14H2,1H3. The van der Waals surface area contributed by atoms with Gasteiger partial charge in [0.2, 0.25) is 0 Å². The second-order valence-electron chi connectivity index (χ2n) is 6.13. The van der Waals surface area contributed by atoms with E-state index in [4.69, 9.17) is 14.6 Å². The molecule has 0 bridgehead atoms. The largest absolute Gasteiger partial charge is 0.497 e. The number of methoxy groups -OCH3 is 1. The zero-order chi connectivity index (χ0) is 16.8. The molecule has 0 aromatic heterocycles. The quantitative estimate of drug-likeness (QED) is 0.855. The molecule has 2 aromatic rings. The summed E-state index contributed by atoms with van der Waals surface area (Å²) in [5.74, 6) is 1.82. The molecule has 1 unspecified atom stereocenters. The number of fused-ring (bicyclic) bond motifs is 1. The molecule has 0 amide bonds. The second-order valence-corrected chi connectivity index (χ2v) is 6.13. The molecule has 2 N–H and O–H groups in total. The van der Waals surface area contributed by atoms with Crippen molar-refractivity contribution in [2.24, 2.45) is 0 Å². The molecule has 1 aliphatic heterocycles. The van der Waals surface area contributed by atoms with Gasteiger partial charge < -0.3 is 19.9 Å². The second kappa shape index (κ2) is 8.18. The van der Waals surface area contributed by atoms with Gasteiger partial charge in [0.1, 0.15) is 11.5 Å². The summed E-state index contributed by atoms with van der Waals surface area (Å²) in [7, 11) is 1.69. The monoisotopic (exact) mass is 327 g/mol. The van der Waals surface area contributed by atoms with Gasteiger partial charge in [-0.25, -0.2) is 0 Å².